The van der Waals surface area contributed by atoms with Gasteiger partial charge in [0.25, 0.3) is 5.92 Å². The number of rotatable bonds is 3. The number of thiazole rings is 1. The van der Waals surface area contributed by atoms with E-state index in [1.807, 2.05) is 6.07 Å². The Hall–Kier alpha value is -2.50. The number of aromatic nitrogens is 3. The van der Waals surface area contributed by atoms with Crippen LogP contribution in [-0.4, -0.2) is 52.6 Å². The molecule has 5 rings (SSSR count). The van der Waals surface area contributed by atoms with Gasteiger partial charge in [0, 0.05) is 28.8 Å². The molecule has 0 unspecified atom stereocenters. The highest BCUT2D eigenvalue weighted by Gasteiger charge is 2.35. The van der Waals surface area contributed by atoms with Crippen LogP contribution in [0.4, 0.5) is 24.1 Å². The van der Waals surface area contributed by atoms with E-state index in [-0.39, 0.29) is 39.1 Å². The van der Waals surface area contributed by atoms with Crippen LogP contribution in [0.1, 0.15) is 0 Å². The van der Waals surface area contributed by atoms with Crippen LogP contribution in [0.25, 0.3) is 32.2 Å². The first kappa shape index (κ1) is 22.3. The van der Waals surface area contributed by atoms with Crippen molar-refractivity contribution in [3.63, 3.8) is 0 Å². The van der Waals surface area contributed by atoms with Gasteiger partial charge in [0.15, 0.2) is 10.9 Å². The number of ether oxygens (including phenoxy) is 1. The van der Waals surface area contributed by atoms with Crippen molar-refractivity contribution in [3.8, 4) is 17.1 Å². The topological polar surface area (TPSA) is 77.2 Å². The lowest BCUT2D eigenvalue weighted by Crippen LogP contribution is -2.37. The lowest BCUT2D eigenvalue weighted by atomic mass is 10.0. The number of hydrogen-bond acceptors (Lipinski definition) is 8. The molecule has 6 nitrogen and oxygen atoms in total. The molecule has 33 heavy (non-hydrogen) atoms. The number of methoxy groups -OCH3 is 1. The Morgan fingerprint density at radius 2 is 2.03 bits per heavy atom. The zero-order chi connectivity index (χ0) is 23.3. The van der Waals surface area contributed by atoms with E-state index in [0.29, 0.717) is 28.5 Å². The van der Waals surface area contributed by atoms with E-state index in [1.165, 1.54) is 29.4 Å². The molecule has 0 aliphatic carbocycles. The molecule has 0 spiro atoms. The van der Waals surface area contributed by atoms with Crippen molar-refractivity contribution >= 4 is 66.8 Å². The number of hydrogen-bond donors (Lipinski definition) is 1. The predicted molar refractivity (Wildman–Crippen MR) is 129 cm³/mol. The molecular weight excluding hydrogens is 495 g/mol. The molecule has 0 amide bonds. The van der Waals surface area contributed by atoms with Crippen LogP contribution in [0.3, 0.4) is 0 Å². The van der Waals surface area contributed by atoms with Gasteiger partial charge in [0.2, 0.25) is 0 Å². The van der Waals surface area contributed by atoms with Gasteiger partial charge >= 0.3 is 6.01 Å². The molecule has 0 atom stereocenters. The molecule has 1 aliphatic rings. The summed E-state index contributed by atoms with van der Waals surface area (Å²) in [7, 11) is 1.34. The van der Waals surface area contributed by atoms with Gasteiger partial charge < -0.3 is 15.4 Å². The zero-order valence-electron chi connectivity index (χ0n) is 17.2. The summed E-state index contributed by atoms with van der Waals surface area (Å²) in [6.07, 6.45) is 0. The van der Waals surface area contributed by atoms with Crippen LogP contribution in [0, 0.1) is 5.82 Å². The molecule has 3 heterocycles. The van der Waals surface area contributed by atoms with Crippen LogP contribution >= 0.6 is 34.7 Å². The maximum Gasteiger partial charge on any atom is 0.318 e. The molecule has 172 valence electrons. The summed E-state index contributed by atoms with van der Waals surface area (Å²) in [6, 6.07) is 6.68. The van der Waals surface area contributed by atoms with E-state index < -0.39 is 18.3 Å². The third kappa shape index (κ3) is 4.02. The number of benzene rings is 2. The number of fused-ring (bicyclic) bond motifs is 2. The van der Waals surface area contributed by atoms with Crippen LogP contribution in [0.15, 0.2) is 24.3 Å². The van der Waals surface area contributed by atoms with Crippen molar-refractivity contribution in [2.75, 3.05) is 42.3 Å². The summed E-state index contributed by atoms with van der Waals surface area (Å²) in [6.45, 7) is -0.235. The number of halogens is 4. The van der Waals surface area contributed by atoms with Crippen molar-refractivity contribution < 1.29 is 17.9 Å². The zero-order valence-corrected chi connectivity index (χ0v) is 19.6. The van der Waals surface area contributed by atoms with Crippen LogP contribution in [0.5, 0.6) is 6.01 Å². The average molecular weight is 512 g/mol. The minimum atomic E-state index is -2.92. The van der Waals surface area contributed by atoms with Crippen molar-refractivity contribution in [3.05, 3.63) is 35.1 Å². The normalized spacial score (nSPS) is 16.3. The second-order valence-corrected chi connectivity index (χ2v) is 10.1. The minimum Gasteiger partial charge on any atom is -0.467 e. The van der Waals surface area contributed by atoms with E-state index in [1.54, 1.807) is 12.1 Å². The maximum atomic E-state index is 16.0. The first-order chi connectivity index (χ1) is 15.8. The Morgan fingerprint density at radius 1 is 1.21 bits per heavy atom. The van der Waals surface area contributed by atoms with E-state index >= 15 is 4.39 Å². The molecule has 1 saturated heterocycles. The van der Waals surface area contributed by atoms with E-state index in [9.17, 15) is 8.78 Å². The number of para-hydroxylation sites is 1. The van der Waals surface area contributed by atoms with Crippen LogP contribution < -0.4 is 15.4 Å². The summed E-state index contributed by atoms with van der Waals surface area (Å²) in [5.74, 6) is -3.29. The van der Waals surface area contributed by atoms with Gasteiger partial charge in [-0.15, -0.1) is 0 Å². The monoisotopic (exact) mass is 511 g/mol. The summed E-state index contributed by atoms with van der Waals surface area (Å²) in [5.41, 5.74) is 6.86. The molecule has 1 aliphatic heterocycles. The number of thioether (sulfide) groups is 1. The third-order valence-corrected chi connectivity index (χ3v) is 7.52. The molecule has 2 N–H and O–H groups in total. The third-order valence-electron chi connectivity index (χ3n) is 5.27. The summed E-state index contributed by atoms with van der Waals surface area (Å²) in [5, 5.41) is 0.667. The predicted octanol–water partition coefficient (Wildman–Crippen LogP) is 5.48. The van der Waals surface area contributed by atoms with Crippen molar-refractivity contribution in [1.29, 1.82) is 0 Å². The summed E-state index contributed by atoms with van der Waals surface area (Å²) < 4.78 is 50.6. The second-order valence-electron chi connectivity index (χ2n) is 7.51. The second kappa shape index (κ2) is 8.37. The standard InChI is InChI=1S/C21H17ClF3N5OS2/c1-31-20-28-17-11(18(29-20)30-5-6-32-9-21(24,25)8-30)7-12(22)14(15(17)23)10-3-2-4-13-16(10)27-19(26)33-13/h2-4,7H,5-6,8-9H2,1H3,(H2,26,27). The SMILES string of the molecule is COc1nc(N2CCSCC(F)(F)C2)c2cc(Cl)c(-c3cccc4sc(N)nc34)c(F)c2n1. The van der Waals surface area contributed by atoms with Gasteiger partial charge in [0.05, 0.1) is 34.6 Å². The summed E-state index contributed by atoms with van der Waals surface area (Å²) in [4.78, 5) is 14.2. The molecule has 12 heteroatoms. The molecule has 1 fully saturated rings. The van der Waals surface area contributed by atoms with Gasteiger partial charge in [-0.1, -0.05) is 35.1 Å². The largest absolute Gasteiger partial charge is 0.467 e. The Bertz CT molecular complexity index is 1380. The molecule has 2 aromatic heterocycles. The first-order valence-corrected chi connectivity index (χ1v) is 12.2. The molecule has 0 radical (unpaired) electrons. The summed E-state index contributed by atoms with van der Waals surface area (Å²) >= 11 is 9.01. The van der Waals surface area contributed by atoms with Crippen molar-refractivity contribution in [2.24, 2.45) is 0 Å². The van der Waals surface area contributed by atoms with Gasteiger partial charge in [-0.25, -0.2) is 18.2 Å². The van der Waals surface area contributed by atoms with Crippen LogP contribution in [-0.2, 0) is 0 Å². The highest BCUT2D eigenvalue weighted by molar-refractivity contribution is 7.99. The number of nitrogen functional groups attached to an aromatic ring is 1. The number of anilines is 2. The van der Waals surface area contributed by atoms with Gasteiger partial charge in [0.1, 0.15) is 11.3 Å². The first-order valence-electron chi connectivity index (χ1n) is 9.87. The number of alkyl halides is 2. The molecule has 4 aromatic rings. The van der Waals surface area contributed by atoms with Gasteiger partial charge in [-0.2, -0.15) is 21.7 Å². The fourth-order valence-corrected chi connectivity index (χ4v) is 5.83. The molecule has 0 saturated carbocycles. The Morgan fingerprint density at radius 3 is 2.82 bits per heavy atom. The Labute approximate surface area is 199 Å². The Kier molecular flexibility index (Phi) is 5.66. The van der Waals surface area contributed by atoms with E-state index in [2.05, 4.69) is 15.0 Å². The van der Waals surface area contributed by atoms with Crippen molar-refractivity contribution in [1.82, 2.24) is 15.0 Å². The minimum absolute atomic E-state index is 0.0725. The number of nitrogens with zero attached hydrogens (tertiary/aromatic N) is 4. The highest BCUT2D eigenvalue weighted by atomic mass is 35.5. The van der Waals surface area contributed by atoms with Crippen LogP contribution in [0.2, 0.25) is 5.02 Å². The van der Waals surface area contributed by atoms with E-state index in [4.69, 9.17) is 22.1 Å². The smallest absolute Gasteiger partial charge is 0.318 e. The van der Waals surface area contributed by atoms with Gasteiger partial charge in [-0.3, -0.25) is 0 Å². The fraction of sp³-hybridized carbons (Fsp3) is 0.286. The molecular formula is C21H17ClF3N5OS2. The molecule has 0 bridgehead atoms. The van der Waals surface area contributed by atoms with Gasteiger partial charge in [-0.05, 0) is 12.1 Å². The van der Waals surface area contributed by atoms with Crippen molar-refractivity contribution in [2.45, 2.75) is 5.92 Å². The highest BCUT2D eigenvalue weighted by Crippen LogP contribution is 2.42. The molecule has 2 aromatic carbocycles. The van der Waals surface area contributed by atoms with E-state index in [0.717, 1.165) is 16.5 Å². The quantitative estimate of drug-likeness (QED) is 0.390. The number of nitrogens with two attached hydrogens (primary N) is 1. The lowest BCUT2D eigenvalue weighted by molar-refractivity contribution is 0.0366. The Balaban J connectivity index is 1.76. The average Bonchev–Trinajstić information content (AvgIpc) is 3.06. The lowest BCUT2D eigenvalue weighted by Gasteiger charge is -2.26. The fourth-order valence-electron chi connectivity index (χ4n) is 3.89. The maximum absolute atomic E-state index is 16.0.